The Morgan fingerprint density at radius 2 is 2.35 bits per heavy atom. The van der Waals surface area contributed by atoms with Crippen molar-refractivity contribution >= 4 is 39.2 Å². The number of ether oxygens (including phenoxy) is 1. The molecule has 1 fully saturated rings. The van der Waals surface area contributed by atoms with Crippen LogP contribution < -0.4 is 10.6 Å². The molecule has 2 aromatic heterocycles. The standard InChI is InChI=1S/C15H18N4O3S/c1-3-22-15(21)12-8(2)11-13(17-7-18-14(11)23-12)19-9-4-5-10(20)16-6-9/h7,9H,3-6H2,1-2H3,(H,16,20)(H,17,18,19). The molecule has 7 nitrogen and oxygen atoms in total. The molecule has 0 saturated carbocycles. The first-order valence-electron chi connectivity index (χ1n) is 7.54. The van der Waals surface area contributed by atoms with Crippen LogP contribution in [0.1, 0.15) is 35.0 Å². The molecule has 1 atom stereocenters. The average Bonchev–Trinajstić information content (AvgIpc) is 2.88. The fourth-order valence-electron chi connectivity index (χ4n) is 2.62. The van der Waals surface area contributed by atoms with Crippen molar-refractivity contribution in [2.45, 2.75) is 32.7 Å². The lowest BCUT2D eigenvalue weighted by molar-refractivity contribution is -0.122. The monoisotopic (exact) mass is 334 g/mol. The van der Waals surface area contributed by atoms with Crippen molar-refractivity contribution in [1.29, 1.82) is 0 Å². The van der Waals surface area contributed by atoms with Crippen LogP contribution in [0.15, 0.2) is 6.33 Å². The minimum atomic E-state index is -0.330. The van der Waals surface area contributed by atoms with Gasteiger partial charge >= 0.3 is 5.97 Å². The van der Waals surface area contributed by atoms with Gasteiger partial charge in [0.2, 0.25) is 5.91 Å². The lowest BCUT2D eigenvalue weighted by Crippen LogP contribution is -2.42. The smallest absolute Gasteiger partial charge is 0.348 e. The van der Waals surface area contributed by atoms with E-state index in [2.05, 4.69) is 20.6 Å². The Morgan fingerprint density at radius 1 is 1.52 bits per heavy atom. The number of nitrogens with one attached hydrogen (secondary N) is 2. The zero-order chi connectivity index (χ0) is 16.4. The van der Waals surface area contributed by atoms with Gasteiger partial charge in [0.15, 0.2) is 0 Å². The van der Waals surface area contributed by atoms with Crippen LogP contribution in [0.5, 0.6) is 0 Å². The Bertz CT molecular complexity index is 749. The molecule has 3 rings (SSSR count). The van der Waals surface area contributed by atoms with Gasteiger partial charge < -0.3 is 15.4 Å². The van der Waals surface area contributed by atoms with Crippen LogP contribution in [-0.4, -0.2) is 41.0 Å². The summed E-state index contributed by atoms with van der Waals surface area (Å²) >= 11 is 1.31. The minimum absolute atomic E-state index is 0.0761. The van der Waals surface area contributed by atoms with Gasteiger partial charge in [-0.05, 0) is 25.8 Å². The third kappa shape index (κ3) is 3.12. The van der Waals surface area contributed by atoms with Gasteiger partial charge in [0.05, 0.1) is 12.0 Å². The van der Waals surface area contributed by atoms with Gasteiger partial charge in [0, 0.05) is 19.0 Å². The Balaban J connectivity index is 1.91. The highest BCUT2D eigenvalue weighted by Crippen LogP contribution is 2.34. The van der Waals surface area contributed by atoms with Crippen molar-refractivity contribution in [1.82, 2.24) is 15.3 Å². The summed E-state index contributed by atoms with van der Waals surface area (Å²) in [6, 6.07) is 0.121. The normalized spacial score (nSPS) is 17.8. The summed E-state index contributed by atoms with van der Waals surface area (Å²) in [5.41, 5.74) is 0.825. The Labute approximate surface area is 137 Å². The van der Waals surface area contributed by atoms with E-state index in [0.29, 0.717) is 30.3 Å². The summed E-state index contributed by atoms with van der Waals surface area (Å²) in [6.07, 6.45) is 2.74. The lowest BCUT2D eigenvalue weighted by atomic mass is 10.1. The Morgan fingerprint density at radius 3 is 3.04 bits per heavy atom. The second-order valence-electron chi connectivity index (χ2n) is 5.36. The number of thiophene rings is 1. The van der Waals surface area contributed by atoms with Gasteiger partial charge in [-0.25, -0.2) is 14.8 Å². The van der Waals surface area contributed by atoms with Crippen LogP contribution in [-0.2, 0) is 9.53 Å². The number of esters is 1. The van der Waals surface area contributed by atoms with E-state index in [1.54, 1.807) is 6.92 Å². The van der Waals surface area contributed by atoms with E-state index < -0.39 is 0 Å². The molecule has 2 N–H and O–H groups in total. The molecular weight excluding hydrogens is 316 g/mol. The highest BCUT2D eigenvalue weighted by molar-refractivity contribution is 7.20. The van der Waals surface area contributed by atoms with Crippen LogP contribution in [0.25, 0.3) is 10.2 Å². The quantitative estimate of drug-likeness (QED) is 0.829. The van der Waals surface area contributed by atoms with Crippen LogP contribution in [0.2, 0.25) is 0 Å². The highest BCUT2D eigenvalue weighted by Gasteiger charge is 2.23. The predicted octanol–water partition coefficient (Wildman–Crippen LogP) is 1.87. The van der Waals surface area contributed by atoms with Gasteiger partial charge in [-0.15, -0.1) is 11.3 Å². The Hall–Kier alpha value is -2.22. The van der Waals surface area contributed by atoms with Crippen LogP contribution in [0.3, 0.4) is 0 Å². The fraction of sp³-hybridized carbons (Fsp3) is 0.467. The number of carbonyl (C=O) groups excluding carboxylic acids is 2. The van der Waals surface area contributed by atoms with Crippen molar-refractivity contribution < 1.29 is 14.3 Å². The second kappa shape index (κ2) is 6.49. The second-order valence-corrected chi connectivity index (χ2v) is 6.36. The summed E-state index contributed by atoms with van der Waals surface area (Å²) in [5, 5.41) is 7.04. The summed E-state index contributed by atoms with van der Waals surface area (Å²) < 4.78 is 5.10. The number of fused-ring (bicyclic) bond motifs is 1. The molecule has 23 heavy (non-hydrogen) atoms. The van der Waals surface area contributed by atoms with Gasteiger partial charge in [0.1, 0.15) is 21.9 Å². The first-order chi connectivity index (χ1) is 11.1. The number of hydrogen-bond donors (Lipinski definition) is 2. The fourth-order valence-corrected chi connectivity index (χ4v) is 3.66. The van der Waals surface area contributed by atoms with Gasteiger partial charge in [0.25, 0.3) is 0 Å². The third-order valence-corrected chi connectivity index (χ3v) is 4.97. The molecule has 122 valence electrons. The maximum absolute atomic E-state index is 12.0. The summed E-state index contributed by atoms with van der Waals surface area (Å²) in [4.78, 5) is 33.2. The molecule has 0 spiro atoms. The van der Waals surface area contributed by atoms with Crippen LogP contribution in [0, 0.1) is 6.92 Å². The number of aromatic nitrogens is 2. The van der Waals surface area contributed by atoms with Crippen molar-refractivity contribution in [3.05, 3.63) is 16.8 Å². The maximum Gasteiger partial charge on any atom is 0.348 e. The first-order valence-corrected chi connectivity index (χ1v) is 8.36. The molecule has 2 aromatic rings. The number of hydrogen-bond acceptors (Lipinski definition) is 7. The van der Waals surface area contributed by atoms with Gasteiger partial charge in [-0.1, -0.05) is 0 Å². The molecule has 0 radical (unpaired) electrons. The molecule has 3 heterocycles. The Kier molecular flexibility index (Phi) is 4.42. The van der Waals surface area contributed by atoms with E-state index in [1.165, 1.54) is 17.7 Å². The molecule has 1 aliphatic heterocycles. The molecule has 0 aliphatic carbocycles. The van der Waals surface area contributed by atoms with E-state index in [4.69, 9.17) is 4.74 Å². The van der Waals surface area contributed by atoms with Crippen molar-refractivity contribution in [2.75, 3.05) is 18.5 Å². The summed E-state index contributed by atoms with van der Waals surface area (Å²) in [7, 11) is 0. The molecule has 8 heteroatoms. The third-order valence-electron chi connectivity index (χ3n) is 3.79. The van der Waals surface area contributed by atoms with E-state index in [-0.39, 0.29) is 17.9 Å². The molecule has 1 saturated heterocycles. The van der Waals surface area contributed by atoms with E-state index in [9.17, 15) is 9.59 Å². The van der Waals surface area contributed by atoms with Gasteiger partial charge in [-0.2, -0.15) is 0 Å². The molecule has 1 amide bonds. The zero-order valence-corrected chi connectivity index (χ0v) is 13.8. The van der Waals surface area contributed by atoms with E-state index >= 15 is 0 Å². The lowest BCUT2D eigenvalue weighted by Gasteiger charge is -2.24. The maximum atomic E-state index is 12.0. The number of aryl methyl sites for hydroxylation is 1. The average molecular weight is 334 g/mol. The van der Waals surface area contributed by atoms with Crippen molar-refractivity contribution in [3.8, 4) is 0 Å². The number of rotatable bonds is 4. The van der Waals surface area contributed by atoms with Crippen LogP contribution in [0.4, 0.5) is 5.82 Å². The number of anilines is 1. The zero-order valence-electron chi connectivity index (χ0n) is 13.0. The topological polar surface area (TPSA) is 93.2 Å². The highest BCUT2D eigenvalue weighted by atomic mass is 32.1. The van der Waals surface area contributed by atoms with E-state index in [1.807, 2.05) is 6.92 Å². The van der Waals surface area contributed by atoms with Gasteiger partial charge in [-0.3, -0.25) is 4.79 Å². The number of amides is 1. The predicted molar refractivity (Wildman–Crippen MR) is 87.8 cm³/mol. The largest absolute Gasteiger partial charge is 0.462 e. The summed E-state index contributed by atoms with van der Waals surface area (Å²) in [6.45, 7) is 4.57. The molecule has 1 aliphatic rings. The van der Waals surface area contributed by atoms with Crippen molar-refractivity contribution in [2.24, 2.45) is 0 Å². The molecule has 0 aromatic carbocycles. The molecule has 0 bridgehead atoms. The first kappa shape index (κ1) is 15.7. The summed E-state index contributed by atoms with van der Waals surface area (Å²) in [5.74, 6) is 0.441. The number of nitrogens with zero attached hydrogens (tertiary/aromatic N) is 2. The SMILES string of the molecule is CCOC(=O)c1sc2ncnc(NC3CCC(=O)NC3)c2c1C. The van der Waals surface area contributed by atoms with Crippen LogP contribution >= 0.6 is 11.3 Å². The van der Waals surface area contributed by atoms with E-state index in [0.717, 1.165) is 22.2 Å². The minimum Gasteiger partial charge on any atom is -0.462 e. The molecular formula is C15H18N4O3S. The van der Waals surface area contributed by atoms with Crippen molar-refractivity contribution in [3.63, 3.8) is 0 Å². The molecule has 1 unspecified atom stereocenters. The number of carbonyl (C=O) groups is 2. The number of piperidine rings is 1.